The van der Waals surface area contributed by atoms with E-state index in [1.807, 2.05) is 0 Å². The van der Waals surface area contributed by atoms with Gasteiger partial charge in [-0.15, -0.1) is 0 Å². The Balaban J connectivity index is 2.03. The van der Waals surface area contributed by atoms with Crippen LogP contribution in [-0.2, 0) is 14.3 Å². The van der Waals surface area contributed by atoms with Gasteiger partial charge in [-0.1, -0.05) is 6.07 Å². The van der Waals surface area contributed by atoms with Crippen LogP contribution in [0.15, 0.2) is 24.3 Å². The van der Waals surface area contributed by atoms with Gasteiger partial charge in [0.15, 0.2) is 17.8 Å². The molecular weight excluding hydrogens is 320 g/mol. The highest BCUT2D eigenvalue weighted by atomic mass is 16.6. The molecule has 0 aromatic heterocycles. The van der Waals surface area contributed by atoms with Gasteiger partial charge in [-0.25, -0.2) is 4.79 Å². The van der Waals surface area contributed by atoms with Crippen molar-refractivity contribution in [1.29, 1.82) is 0 Å². The minimum atomic E-state index is -1.87. The molecule has 1 saturated carbocycles. The second-order valence-corrected chi connectivity index (χ2v) is 5.74. The Hall–Kier alpha value is -2.42. The number of benzene rings is 1. The largest absolute Gasteiger partial charge is 0.504 e. The van der Waals surface area contributed by atoms with Crippen LogP contribution in [0.5, 0.6) is 11.5 Å². The monoisotopic (exact) mass is 338 g/mol. The number of hydrogen-bond donors (Lipinski definition) is 5. The predicted molar refractivity (Wildman–Crippen MR) is 80.9 cm³/mol. The quantitative estimate of drug-likeness (QED) is 0.213. The van der Waals surface area contributed by atoms with E-state index in [1.165, 1.54) is 24.3 Å². The first-order chi connectivity index (χ1) is 11.2. The van der Waals surface area contributed by atoms with Crippen LogP contribution in [0.25, 0.3) is 6.08 Å². The maximum atomic E-state index is 11.8. The fraction of sp³-hybridized carbons (Fsp3) is 0.375. The number of aliphatic hydroxyl groups excluding tert-OH is 2. The summed E-state index contributed by atoms with van der Waals surface area (Å²) in [6.45, 7) is 0. The van der Waals surface area contributed by atoms with Crippen molar-refractivity contribution in [3.8, 4) is 11.5 Å². The van der Waals surface area contributed by atoms with E-state index < -0.39 is 29.9 Å². The molecule has 0 bridgehead atoms. The third-order valence-corrected chi connectivity index (χ3v) is 3.79. The lowest BCUT2D eigenvalue weighted by molar-refractivity contribution is -0.181. The number of carbonyl (C=O) groups excluding carboxylic acids is 2. The maximum Gasteiger partial charge on any atom is 0.331 e. The molecule has 5 N–H and O–H groups in total. The lowest BCUT2D eigenvalue weighted by Crippen LogP contribution is -2.54. The second-order valence-electron chi connectivity index (χ2n) is 5.74. The summed E-state index contributed by atoms with van der Waals surface area (Å²) in [7, 11) is 0. The van der Waals surface area contributed by atoms with Crippen LogP contribution in [-0.4, -0.2) is 61.7 Å². The van der Waals surface area contributed by atoms with Gasteiger partial charge in [0.05, 0.1) is 6.10 Å². The predicted octanol–water partition coefficient (Wildman–Crippen LogP) is -0.532. The summed E-state index contributed by atoms with van der Waals surface area (Å²) in [4.78, 5) is 22.7. The molecule has 0 saturated heterocycles. The van der Waals surface area contributed by atoms with Gasteiger partial charge in [0.2, 0.25) is 0 Å². The molecule has 24 heavy (non-hydrogen) atoms. The zero-order valence-electron chi connectivity index (χ0n) is 12.6. The molecular formula is C16H18O8. The standard InChI is InChI=1S/C16H18O8/c17-8-16(23)6-12(20)15(22)13(7-16)24-14(21)4-2-9-1-3-10(18)11(19)5-9/h1-5,8,12-13,15,18-20,22-23H,6-7H2. The molecule has 0 amide bonds. The van der Waals surface area contributed by atoms with Crippen LogP contribution in [0.2, 0.25) is 0 Å². The highest BCUT2D eigenvalue weighted by Crippen LogP contribution is 2.30. The highest BCUT2D eigenvalue weighted by molar-refractivity contribution is 5.87. The van der Waals surface area contributed by atoms with E-state index in [2.05, 4.69) is 0 Å². The lowest BCUT2D eigenvalue weighted by Gasteiger charge is -2.38. The van der Waals surface area contributed by atoms with Crippen molar-refractivity contribution >= 4 is 18.3 Å². The number of rotatable bonds is 4. The molecule has 130 valence electrons. The average Bonchev–Trinajstić information content (AvgIpc) is 2.53. The van der Waals surface area contributed by atoms with Crippen molar-refractivity contribution < 1.29 is 39.9 Å². The number of aliphatic hydroxyl groups is 3. The van der Waals surface area contributed by atoms with Gasteiger partial charge in [-0.3, -0.25) is 0 Å². The fourth-order valence-corrected chi connectivity index (χ4v) is 2.49. The Kier molecular flexibility index (Phi) is 5.23. The number of esters is 1. The summed E-state index contributed by atoms with van der Waals surface area (Å²) in [5.74, 6) is -1.52. The minimum Gasteiger partial charge on any atom is -0.504 e. The van der Waals surface area contributed by atoms with Gasteiger partial charge in [-0.05, 0) is 23.8 Å². The van der Waals surface area contributed by atoms with Crippen molar-refractivity contribution in [2.45, 2.75) is 36.8 Å². The number of aromatic hydroxyl groups is 2. The maximum absolute atomic E-state index is 11.8. The molecule has 0 heterocycles. The summed E-state index contributed by atoms with van der Waals surface area (Å²) >= 11 is 0. The Morgan fingerprint density at radius 3 is 2.54 bits per heavy atom. The average molecular weight is 338 g/mol. The molecule has 8 heteroatoms. The molecule has 2 rings (SSSR count). The summed E-state index contributed by atoms with van der Waals surface area (Å²) in [6.07, 6.45) is -2.15. The summed E-state index contributed by atoms with van der Waals surface area (Å²) in [5.41, 5.74) is -1.45. The molecule has 8 nitrogen and oxygen atoms in total. The number of aldehydes is 1. The van der Waals surface area contributed by atoms with Crippen LogP contribution < -0.4 is 0 Å². The first kappa shape index (κ1) is 17.9. The fourth-order valence-electron chi connectivity index (χ4n) is 2.49. The molecule has 4 atom stereocenters. The van der Waals surface area contributed by atoms with Crippen LogP contribution in [0.4, 0.5) is 0 Å². The Labute approximate surface area is 137 Å². The van der Waals surface area contributed by atoms with Crippen molar-refractivity contribution in [3.05, 3.63) is 29.8 Å². The first-order valence-electron chi connectivity index (χ1n) is 7.19. The second kappa shape index (κ2) is 7.00. The molecule has 0 radical (unpaired) electrons. The van der Waals surface area contributed by atoms with E-state index in [0.717, 1.165) is 6.08 Å². The topological polar surface area (TPSA) is 145 Å². The normalized spacial score (nSPS) is 30.2. The number of phenols is 2. The Morgan fingerprint density at radius 2 is 1.92 bits per heavy atom. The van der Waals surface area contributed by atoms with Crippen LogP contribution in [0.1, 0.15) is 18.4 Å². The van der Waals surface area contributed by atoms with Gasteiger partial charge < -0.3 is 35.1 Å². The molecule has 1 aliphatic rings. The zero-order chi connectivity index (χ0) is 17.9. The van der Waals surface area contributed by atoms with E-state index in [4.69, 9.17) is 4.74 Å². The van der Waals surface area contributed by atoms with Gasteiger partial charge in [0.1, 0.15) is 17.8 Å². The first-order valence-corrected chi connectivity index (χ1v) is 7.19. The molecule has 4 unspecified atom stereocenters. The van der Waals surface area contributed by atoms with Gasteiger partial charge in [-0.2, -0.15) is 0 Å². The van der Waals surface area contributed by atoms with Gasteiger partial charge in [0.25, 0.3) is 0 Å². The molecule has 1 aromatic rings. The Bertz CT molecular complexity index is 655. The number of hydrogen-bond acceptors (Lipinski definition) is 8. The molecule has 1 aliphatic carbocycles. The summed E-state index contributed by atoms with van der Waals surface area (Å²) in [5, 5.41) is 48.0. The minimum absolute atomic E-state index is 0.248. The summed E-state index contributed by atoms with van der Waals surface area (Å²) in [6, 6.07) is 3.92. The van der Waals surface area contributed by atoms with Gasteiger partial charge in [0, 0.05) is 18.9 Å². The third-order valence-electron chi connectivity index (χ3n) is 3.79. The smallest absolute Gasteiger partial charge is 0.331 e. The molecule has 0 spiro atoms. The molecule has 1 fully saturated rings. The SMILES string of the molecule is O=CC1(O)CC(O)C(O)C(OC(=O)C=Cc2ccc(O)c(O)c2)C1. The third kappa shape index (κ3) is 4.10. The van der Waals surface area contributed by atoms with E-state index in [1.54, 1.807) is 0 Å². The van der Waals surface area contributed by atoms with Crippen molar-refractivity contribution in [2.75, 3.05) is 0 Å². The number of phenolic OH excluding ortho intramolecular Hbond substituents is 2. The van der Waals surface area contributed by atoms with E-state index in [9.17, 15) is 35.1 Å². The van der Waals surface area contributed by atoms with Crippen molar-refractivity contribution in [2.24, 2.45) is 0 Å². The van der Waals surface area contributed by atoms with Crippen LogP contribution >= 0.6 is 0 Å². The Morgan fingerprint density at radius 1 is 1.21 bits per heavy atom. The van der Waals surface area contributed by atoms with Gasteiger partial charge >= 0.3 is 5.97 Å². The number of carbonyl (C=O) groups is 2. The van der Waals surface area contributed by atoms with E-state index in [0.29, 0.717) is 5.56 Å². The lowest BCUT2D eigenvalue weighted by atomic mass is 9.80. The van der Waals surface area contributed by atoms with E-state index in [-0.39, 0.29) is 30.6 Å². The van der Waals surface area contributed by atoms with Crippen LogP contribution in [0, 0.1) is 0 Å². The molecule has 1 aromatic carbocycles. The highest BCUT2D eigenvalue weighted by Gasteiger charge is 2.45. The number of ether oxygens (including phenoxy) is 1. The van der Waals surface area contributed by atoms with Crippen molar-refractivity contribution in [3.63, 3.8) is 0 Å². The zero-order valence-corrected chi connectivity index (χ0v) is 12.6. The molecule has 0 aliphatic heterocycles. The van der Waals surface area contributed by atoms with Crippen molar-refractivity contribution in [1.82, 2.24) is 0 Å². The van der Waals surface area contributed by atoms with E-state index >= 15 is 0 Å². The van der Waals surface area contributed by atoms with Crippen LogP contribution in [0.3, 0.4) is 0 Å². The summed E-state index contributed by atoms with van der Waals surface area (Å²) < 4.78 is 4.98.